The zero-order valence-electron chi connectivity index (χ0n) is 18.9. The number of nitrogens with one attached hydrogen (secondary N) is 2. The zero-order valence-corrected chi connectivity index (χ0v) is 19.7. The minimum atomic E-state index is -3.62. The van der Waals surface area contributed by atoms with Gasteiger partial charge in [-0.25, -0.2) is 13.4 Å². The van der Waals surface area contributed by atoms with Crippen molar-refractivity contribution in [1.82, 2.24) is 14.3 Å². The molecule has 4 aromatic rings. The van der Waals surface area contributed by atoms with E-state index < -0.39 is 15.9 Å². The Morgan fingerprint density at radius 1 is 1.03 bits per heavy atom. The van der Waals surface area contributed by atoms with E-state index in [4.69, 9.17) is 0 Å². The van der Waals surface area contributed by atoms with Crippen molar-refractivity contribution in [3.05, 3.63) is 78.4 Å². The van der Waals surface area contributed by atoms with Crippen LogP contribution < -0.4 is 5.32 Å². The molecule has 1 fully saturated rings. The van der Waals surface area contributed by atoms with Gasteiger partial charge in [0.2, 0.25) is 15.9 Å². The molecule has 1 aromatic heterocycles. The average Bonchev–Trinajstić information content (AvgIpc) is 3.29. The number of sulfonamides is 1. The van der Waals surface area contributed by atoms with E-state index in [-0.39, 0.29) is 17.3 Å². The third kappa shape index (κ3) is 4.47. The van der Waals surface area contributed by atoms with Crippen LogP contribution in [0.15, 0.2) is 77.7 Å². The fourth-order valence-electron chi connectivity index (χ4n) is 4.28. The van der Waals surface area contributed by atoms with Gasteiger partial charge in [-0.2, -0.15) is 4.31 Å². The van der Waals surface area contributed by atoms with Crippen LogP contribution in [-0.4, -0.2) is 41.7 Å². The highest BCUT2D eigenvalue weighted by Crippen LogP contribution is 2.26. The first-order chi connectivity index (χ1) is 16.4. The fraction of sp³-hybridized carbons (Fsp3) is 0.231. The van der Waals surface area contributed by atoms with E-state index in [0.29, 0.717) is 25.1 Å². The Kier molecular flexibility index (Phi) is 5.93. The van der Waals surface area contributed by atoms with Gasteiger partial charge in [0, 0.05) is 24.3 Å². The molecule has 1 unspecified atom stereocenters. The van der Waals surface area contributed by atoms with Crippen LogP contribution in [0.4, 0.5) is 5.69 Å². The Labute approximate surface area is 198 Å². The predicted octanol–water partition coefficient (Wildman–Crippen LogP) is 4.58. The number of carbonyl (C=O) groups is 1. The SMILES string of the molecule is Cc1ccc(S(=O)(=O)N2CCCC(C(=O)Nc3ccc(-c4nc5ccccc5[nH]4)cc3)C2)cc1. The molecule has 5 rings (SSSR count). The average molecular weight is 475 g/mol. The van der Waals surface area contributed by atoms with Crippen LogP contribution in [0, 0.1) is 12.8 Å². The number of amides is 1. The summed E-state index contributed by atoms with van der Waals surface area (Å²) in [6.45, 7) is 2.52. The molecule has 3 aromatic carbocycles. The first kappa shape index (κ1) is 22.3. The first-order valence-corrected chi connectivity index (χ1v) is 12.8. The van der Waals surface area contributed by atoms with Crippen molar-refractivity contribution in [3.63, 3.8) is 0 Å². The van der Waals surface area contributed by atoms with Gasteiger partial charge in [-0.1, -0.05) is 29.8 Å². The Morgan fingerprint density at radius 2 is 1.76 bits per heavy atom. The van der Waals surface area contributed by atoms with Gasteiger partial charge in [0.25, 0.3) is 0 Å². The fourth-order valence-corrected chi connectivity index (χ4v) is 5.80. The molecule has 0 bridgehead atoms. The predicted molar refractivity (Wildman–Crippen MR) is 133 cm³/mol. The molecule has 2 heterocycles. The lowest BCUT2D eigenvalue weighted by Gasteiger charge is -2.31. The molecule has 0 aliphatic carbocycles. The molecule has 0 spiro atoms. The second-order valence-electron chi connectivity index (χ2n) is 8.68. The number of para-hydroxylation sites is 2. The van der Waals surface area contributed by atoms with Gasteiger partial charge in [0.1, 0.15) is 5.82 Å². The summed E-state index contributed by atoms with van der Waals surface area (Å²) in [6.07, 6.45) is 1.30. The topological polar surface area (TPSA) is 95.2 Å². The van der Waals surface area contributed by atoms with Crippen LogP contribution in [0.1, 0.15) is 18.4 Å². The first-order valence-electron chi connectivity index (χ1n) is 11.3. The number of nitrogens with zero attached hydrogens (tertiary/aromatic N) is 2. The number of imidazole rings is 1. The molecule has 174 valence electrons. The van der Waals surface area contributed by atoms with Gasteiger partial charge >= 0.3 is 0 Å². The highest BCUT2D eigenvalue weighted by atomic mass is 32.2. The van der Waals surface area contributed by atoms with E-state index >= 15 is 0 Å². The maximum Gasteiger partial charge on any atom is 0.243 e. The smallest absolute Gasteiger partial charge is 0.243 e. The standard InChI is InChI=1S/C26H26N4O3S/c1-18-8-14-22(15-9-18)34(32,33)30-16-4-5-20(17-30)26(31)27-21-12-10-19(11-13-21)25-28-23-6-2-3-7-24(23)29-25/h2-3,6-15,20H,4-5,16-17H2,1H3,(H,27,31)(H,28,29). The molecule has 8 heteroatoms. The second-order valence-corrected chi connectivity index (χ2v) is 10.6. The van der Waals surface area contributed by atoms with Crippen molar-refractivity contribution >= 4 is 32.7 Å². The zero-order chi connectivity index (χ0) is 23.7. The van der Waals surface area contributed by atoms with Crippen molar-refractivity contribution in [2.24, 2.45) is 5.92 Å². The molecule has 1 aliphatic heterocycles. The number of aromatic amines is 1. The molecule has 0 radical (unpaired) electrons. The van der Waals surface area contributed by atoms with Crippen molar-refractivity contribution in [2.45, 2.75) is 24.7 Å². The maximum atomic E-state index is 13.0. The van der Waals surface area contributed by atoms with Gasteiger partial charge in [-0.3, -0.25) is 4.79 Å². The van der Waals surface area contributed by atoms with Crippen molar-refractivity contribution in [2.75, 3.05) is 18.4 Å². The van der Waals surface area contributed by atoms with E-state index in [9.17, 15) is 13.2 Å². The van der Waals surface area contributed by atoms with Crippen LogP contribution in [0.25, 0.3) is 22.4 Å². The molecule has 34 heavy (non-hydrogen) atoms. The number of aryl methyl sites for hydroxylation is 1. The Morgan fingerprint density at radius 3 is 2.50 bits per heavy atom. The normalized spacial score (nSPS) is 17.0. The van der Waals surface area contributed by atoms with Crippen LogP contribution in [0.2, 0.25) is 0 Å². The summed E-state index contributed by atoms with van der Waals surface area (Å²) in [6, 6.07) is 22.1. The van der Waals surface area contributed by atoms with E-state index in [1.54, 1.807) is 24.3 Å². The Hall–Kier alpha value is -3.49. The number of carbonyl (C=O) groups excluding carboxylic acids is 1. The lowest BCUT2D eigenvalue weighted by molar-refractivity contribution is -0.120. The molecule has 1 atom stereocenters. The van der Waals surface area contributed by atoms with Crippen LogP contribution in [0.5, 0.6) is 0 Å². The molecule has 1 amide bonds. The van der Waals surface area contributed by atoms with Crippen LogP contribution in [-0.2, 0) is 14.8 Å². The minimum Gasteiger partial charge on any atom is -0.338 e. The second kappa shape index (κ2) is 9.04. The highest BCUT2D eigenvalue weighted by Gasteiger charge is 2.33. The third-order valence-corrected chi connectivity index (χ3v) is 8.11. The number of hydrogen-bond acceptors (Lipinski definition) is 4. The van der Waals surface area contributed by atoms with Gasteiger partial charge in [-0.05, 0) is 68.3 Å². The largest absolute Gasteiger partial charge is 0.338 e. The van der Waals surface area contributed by atoms with E-state index in [1.165, 1.54) is 4.31 Å². The van der Waals surface area contributed by atoms with E-state index in [1.807, 2.05) is 55.5 Å². The maximum absolute atomic E-state index is 13.0. The third-order valence-electron chi connectivity index (χ3n) is 6.23. The lowest BCUT2D eigenvalue weighted by atomic mass is 9.98. The van der Waals surface area contributed by atoms with Gasteiger partial charge < -0.3 is 10.3 Å². The molecule has 2 N–H and O–H groups in total. The number of H-pyrrole nitrogens is 1. The molecule has 0 saturated carbocycles. The van der Waals surface area contributed by atoms with Crippen molar-refractivity contribution in [3.8, 4) is 11.4 Å². The summed E-state index contributed by atoms with van der Waals surface area (Å²) < 4.78 is 27.5. The van der Waals surface area contributed by atoms with E-state index in [2.05, 4.69) is 15.3 Å². The molecule has 7 nitrogen and oxygen atoms in total. The lowest BCUT2D eigenvalue weighted by Crippen LogP contribution is -2.43. The number of anilines is 1. The number of aromatic nitrogens is 2. The van der Waals surface area contributed by atoms with E-state index in [0.717, 1.165) is 28.0 Å². The molecular formula is C26H26N4O3S. The Balaban J connectivity index is 1.26. The van der Waals surface area contributed by atoms with Gasteiger partial charge in [0.15, 0.2) is 0 Å². The minimum absolute atomic E-state index is 0.166. The number of hydrogen-bond donors (Lipinski definition) is 2. The Bertz CT molecular complexity index is 1390. The summed E-state index contributed by atoms with van der Waals surface area (Å²) in [5.74, 6) is 0.202. The molecular weight excluding hydrogens is 448 g/mol. The monoisotopic (exact) mass is 474 g/mol. The van der Waals surface area contributed by atoms with Gasteiger partial charge in [0.05, 0.1) is 21.8 Å². The quantitative estimate of drug-likeness (QED) is 0.443. The molecule has 1 aliphatic rings. The summed E-state index contributed by atoms with van der Waals surface area (Å²) in [4.78, 5) is 21.1. The van der Waals surface area contributed by atoms with Crippen molar-refractivity contribution in [1.29, 1.82) is 0 Å². The number of piperidine rings is 1. The summed E-state index contributed by atoms with van der Waals surface area (Å²) in [7, 11) is -3.62. The molecule has 1 saturated heterocycles. The number of fused-ring (bicyclic) bond motifs is 1. The summed E-state index contributed by atoms with van der Waals surface area (Å²) >= 11 is 0. The number of rotatable bonds is 5. The van der Waals surface area contributed by atoms with Gasteiger partial charge in [-0.15, -0.1) is 0 Å². The highest BCUT2D eigenvalue weighted by molar-refractivity contribution is 7.89. The number of benzene rings is 3. The van der Waals surface area contributed by atoms with Crippen LogP contribution >= 0.6 is 0 Å². The van der Waals surface area contributed by atoms with Crippen LogP contribution in [0.3, 0.4) is 0 Å². The summed E-state index contributed by atoms with van der Waals surface area (Å²) in [5, 5.41) is 2.95. The van der Waals surface area contributed by atoms with Crippen molar-refractivity contribution < 1.29 is 13.2 Å². The summed E-state index contributed by atoms with van der Waals surface area (Å²) in [5.41, 5.74) is 4.46.